The fourth-order valence-corrected chi connectivity index (χ4v) is 11.9. The Morgan fingerprint density at radius 3 is 0.933 bits per heavy atom. The summed E-state index contributed by atoms with van der Waals surface area (Å²) in [5.74, 6) is -0.404. The van der Waals surface area contributed by atoms with E-state index in [9.17, 15) is 74.2 Å². The number of aromatic nitrogens is 8. The quantitative estimate of drug-likeness (QED) is 0.0192. The summed E-state index contributed by atoms with van der Waals surface area (Å²) in [6.07, 6.45) is 4.44. The first kappa shape index (κ1) is 85.8. The van der Waals surface area contributed by atoms with Crippen LogP contribution in [0.2, 0.25) is 0 Å². The second-order valence-electron chi connectivity index (χ2n) is 17.7. The molecule has 0 aliphatic carbocycles. The zero-order valence-electron chi connectivity index (χ0n) is 48.8. The van der Waals surface area contributed by atoms with Crippen molar-refractivity contribution in [1.82, 2.24) is 39.9 Å². The van der Waals surface area contributed by atoms with E-state index in [1.807, 2.05) is 97.1 Å². The van der Waals surface area contributed by atoms with Gasteiger partial charge in [0.2, 0.25) is 0 Å². The Morgan fingerprint density at radius 2 is 0.708 bits per heavy atom. The minimum atomic E-state index is -4.26. The second-order valence-corrected chi connectivity index (χ2v) is 30.4. The van der Waals surface area contributed by atoms with Crippen LogP contribution in [0.15, 0.2) is 97.1 Å². The molecule has 0 saturated carbocycles. The molecule has 5 heterocycles. The Hall–Kier alpha value is -3.22. The molecule has 28 nitrogen and oxygen atoms in total. The summed E-state index contributed by atoms with van der Waals surface area (Å²) >= 11 is 1.74. The summed E-state index contributed by atoms with van der Waals surface area (Å²) < 4.78 is 161. The summed E-state index contributed by atoms with van der Waals surface area (Å²) in [6.45, 7) is 0. The van der Waals surface area contributed by atoms with E-state index in [0.29, 0.717) is 51.6 Å². The number of fused-ring (bicyclic) bond motifs is 20. The molecule has 7 aromatic rings. The van der Waals surface area contributed by atoms with Gasteiger partial charge in [0.25, 0.3) is 0 Å². The molecule has 465 valence electrons. The average Bonchev–Trinajstić information content (AvgIpc) is 1.63. The molecule has 89 heavy (non-hydrogen) atoms. The van der Waals surface area contributed by atoms with Gasteiger partial charge < -0.3 is 53.0 Å². The van der Waals surface area contributed by atoms with Crippen LogP contribution >= 0.6 is 24.1 Å². The van der Waals surface area contributed by atoms with Crippen LogP contribution in [0.3, 0.4) is 0 Å². The molecule has 41 heteroatoms. The van der Waals surface area contributed by atoms with E-state index in [-0.39, 0.29) is 141 Å². The van der Waals surface area contributed by atoms with E-state index in [1.54, 1.807) is 6.26 Å². The zero-order chi connectivity index (χ0) is 62.1. The molecule has 4 aromatic carbocycles. The Labute approximate surface area is 581 Å². The van der Waals surface area contributed by atoms with Crippen LogP contribution in [0.5, 0.6) is 0 Å². The van der Waals surface area contributed by atoms with Crippen molar-refractivity contribution in [1.29, 1.82) is 0 Å². The van der Waals surface area contributed by atoms with Crippen molar-refractivity contribution in [2.75, 3.05) is 65.3 Å². The first-order valence-electron chi connectivity index (χ1n) is 24.0. The SMILES string of the molecule is CS(=O)(=O)CCCS(=O)(=O)[O-].CS(=O)(=O)CCCS(=O)(=O)[O-].CS(=O)(=O)CCCS(=O)(=O)[O-].CSOC(=O)CCSOO[O-].[Cu+2].[Li+].[Li+].[Li+].[Li+].c1ccc2c(c1)-c1nc-2nc2[n-]c(nc3nc(nc4[n-]c(n1)c1ccccc41)-c1ccccc1-3)c1ccccc21. The Morgan fingerprint density at radius 1 is 0.449 bits per heavy atom. The monoisotopic (exact) mass is 1410 g/mol. The number of benzene rings is 4. The van der Waals surface area contributed by atoms with Gasteiger partial charge in [-0.15, -0.1) is 0 Å². The smallest absolute Gasteiger partial charge is 0.748 e. The summed E-state index contributed by atoms with van der Waals surface area (Å²) in [5, 5.41) is 15.8. The van der Waals surface area contributed by atoms with E-state index in [4.69, 9.17) is 39.9 Å². The van der Waals surface area contributed by atoms with E-state index in [1.165, 1.54) is 0 Å². The van der Waals surface area contributed by atoms with Crippen LogP contribution in [-0.4, -0.2) is 165 Å². The van der Waals surface area contributed by atoms with Gasteiger partial charge in [-0.2, -0.15) is 4.33 Å². The number of sulfone groups is 3. The van der Waals surface area contributed by atoms with E-state index in [0.717, 1.165) is 86.7 Å². The predicted octanol–water partition coefficient (Wildman–Crippen LogP) is -8.89. The zero-order valence-corrected chi connectivity index (χ0v) is 56.3. The molecule has 2 aliphatic heterocycles. The number of hydrogen-bond donors (Lipinski definition) is 0. The Kier molecular flexibility index (Phi) is 37.4. The van der Waals surface area contributed by atoms with Crippen molar-refractivity contribution in [2.45, 2.75) is 25.7 Å². The third kappa shape index (κ3) is 30.6. The first-order valence-corrected chi connectivity index (χ1v) is 36.9. The van der Waals surface area contributed by atoms with Crippen LogP contribution in [0.4, 0.5) is 0 Å². The van der Waals surface area contributed by atoms with Crippen LogP contribution < -0.4 is 90.7 Å². The Bertz CT molecular complexity index is 3820. The summed E-state index contributed by atoms with van der Waals surface area (Å²) in [7, 11) is -22.2. The molecule has 0 amide bonds. The standard InChI is InChI=1S/C32H16N8.3C4H10O5S2.C4H8O5S2.Cu.4Li/c1-2-10-18-17(9-1)25-33-26(18)38-28-21-13-5-6-14-22(21)30(35-28)40-32-24-16-8-7-15-23(24)31(36-32)39-29-20-12-4-3-11-19(20)27(34-29)37-25;3*1-10(5,6)3-2-4-11(7,8)9;1-10-7-4(5)2-3-11-9-8-6;;;;;/h1-16H;3*2-4H2,1H3,(H,7,8,9);6H,2-3H2,1H3;;;;;/q-2;;;;;+2;4*+1/p-4. The molecule has 0 unspecified atom stereocenters. The molecule has 3 aromatic heterocycles. The minimum absolute atomic E-state index is 0. The van der Waals surface area contributed by atoms with Crippen LogP contribution in [-0.2, 0) is 95.3 Å². The molecular formula is C48H50CuLi4N8O20S8. The third-order valence-corrected chi connectivity index (χ3v) is 17.0. The molecule has 0 atom stereocenters. The fraction of sp³-hybridized carbons (Fsp3) is 0.312. The van der Waals surface area contributed by atoms with Gasteiger partial charge in [-0.3, -0.25) is 9.83 Å². The molecule has 0 saturated heterocycles. The van der Waals surface area contributed by atoms with Gasteiger partial charge in [-0.1, -0.05) is 97.1 Å². The molecule has 0 fully saturated rings. The van der Waals surface area contributed by atoms with Crippen molar-refractivity contribution < 1.29 is 180 Å². The maximum Gasteiger partial charge on any atom is 2.00 e. The molecule has 0 N–H and O–H groups in total. The van der Waals surface area contributed by atoms with Crippen LogP contribution in [0.1, 0.15) is 25.7 Å². The molecule has 0 spiro atoms. The molecular weight excluding hydrogens is 1360 g/mol. The number of hydrogen-bond acceptors (Lipinski definition) is 28. The normalized spacial score (nSPS) is 11.5. The Balaban J connectivity index is 0.00000131. The minimum Gasteiger partial charge on any atom is -0.748 e. The first-order chi connectivity index (χ1) is 39.2. The van der Waals surface area contributed by atoms with Crippen LogP contribution in [0, 0.1) is 0 Å². The van der Waals surface area contributed by atoms with Crippen molar-refractivity contribution in [3.8, 4) is 45.6 Å². The van der Waals surface area contributed by atoms with Crippen LogP contribution in [0.25, 0.3) is 89.7 Å². The number of nitrogens with zero attached hydrogens (tertiary/aromatic N) is 8. The van der Waals surface area contributed by atoms with Gasteiger partial charge in [0.05, 0.1) is 89.4 Å². The van der Waals surface area contributed by atoms with Crippen molar-refractivity contribution in [3.05, 3.63) is 97.1 Å². The second kappa shape index (κ2) is 38.8. The average molecular weight is 1410 g/mol. The van der Waals surface area contributed by atoms with Gasteiger partial charge in [-0.25, -0.2) is 60.5 Å². The summed E-state index contributed by atoms with van der Waals surface area (Å²) in [6, 6.07) is 31.8. The molecule has 2 aliphatic rings. The maximum atomic E-state index is 10.6. The summed E-state index contributed by atoms with van der Waals surface area (Å²) in [5.41, 5.74) is 5.78. The van der Waals surface area contributed by atoms with Gasteiger partial charge in [0.1, 0.15) is 29.5 Å². The predicted molar refractivity (Wildman–Crippen MR) is 310 cm³/mol. The number of carbonyl (C=O) groups is 1. The number of rotatable bonds is 18. The maximum absolute atomic E-state index is 10.6. The van der Waals surface area contributed by atoms with E-state index < -0.39 is 77.1 Å². The summed E-state index contributed by atoms with van der Waals surface area (Å²) in [4.78, 5) is 49.8. The van der Waals surface area contributed by atoms with E-state index >= 15 is 0 Å². The largest absolute Gasteiger partial charge is 2.00 e. The number of carbonyl (C=O) groups excluding carboxylic acids is 1. The van der Waals surface area contributed by atoms with Gasteiger partial charge in [0, 0.05) is 105 Å². The van der Waals surface area contributed by atoms with Crippen molar-refractivity contribution in [2.24, 2.45) is 0 Å². The van der Waals surface area contributed by atoms with Gasteiger partial charge in [-0.05, 0) is 40.8 Å². The van der Waals surface area contributed by atoms with Crippen molar-refractivity contribution >= 4 is 134 Å². The molecule has 9 rings (SSSR count). The van der Waals surface area contributed by atoms with Gasteiger partial charge >= 0.3 is 98.5 Å². The third-order valence-electron chi connectivity index (χ3n) is 10.7. The van der Waals surface area contributed by atoms with Gasteiger partial charge in [0.15, 0.2) is 0 Å². The molecule has 1 radical (unpaired) electrons. The van der Waals surface area contributed by atoms with Crippen molar-refractivity contribution in [3.63, 3.8) is 0 Å². The fourth-order valence-electron chi connectivity index (χ4n) is 7.27. The molecule has 8 bridgehead atoms. The topological polar surface area (TPSA) is 447 Å². The van der Waals surface area contributed by atoms with E-state index in [2.05, 4.69) is 13.6 Å².